The summed E-state index contributed by atoms with van der Waals surface area (Å²) in [6.45, 7) is 9.52. The van der Waals surface area contributed by atoms with Gasteiger partial charge in [0.25, 0.3) is 0 Å². The van der Waals surface area contributed by atoms with Crippen LogP contribution in [0.1, 0.15) is 61.3 Å². The van der Waals surface area contributed by atoms with Crippen molar-refractivity contribution in [1.82, 2.24) is 15.6 Å². The molecule has 1 aromatic heterocycles. The molecule has 0 amide bonds. The second-order valence-corrected chi connectivity index (χ2v) is 12.8. The van der Waals surface area contributed by atoms with E-state index < -0.39 is 11.2 Å². The number of benzene rings is 4. The van der Waals surface area contributed by atoms with Gasteiger partial charge in [0.05, 0.1) is 11.4 Å². The lowest BCUT2D eigenvalue weighted by molar-refractivity contribution is 0.0181. The Bertz CT molecular complexity index is 1430. The Hall–Kier alpha value is -4.13. The van der Waals surface area contributed by atoms with Gasteiger partial charge < -0.3 is 20.8 Å². The molecule has 2 atom stereocenters. The number of rotatable bonds is 14. The normalized spacial score (nSPS) is 13.6. The van der Waals surface area contributed by atoms with Gasteiger partial charge in [-0.1, -0.05) is 155 Å². The van der Waals surface area contributed by atoms with Crippen molar-refractivity contribution in [2.45, 2.75) is 64.1 Å². The summed E-state index contributed by atoms with van der Waals surface area (Å²) < 4.78 is 0. The van der Waals surface area contributed by atoms with Gasteiger partial charge in [-0.3, -0.25) is 4.98 Å². The minimum absolute atomic E-state index is 0.121. The van der Waals surface area contributed by atoms with Crippen LogP contribution in [0.2, 0.25) is 0 Å². The zero-order valence-corrected chi connectivity index (χ0v) is 27.3. The fraction of sp³-hybridized carbons (Fsp3) is 0.293. The zero-order chi connectivity index (χ0) is 32.6. The van der Waals surface area contributed by atoms with Gasteiger partial charge in [-0.2, -0.15) is 0 Å². The molecule has 5 aromatic rings. The highest BCUT2D eigenvalue weighted by molar-refractivity contribution is 5.40. The number of hydrogen-bond acceptors (Lipinski definition) is 5. The number of aromatic nitrogens is 1. The molecule has 4 N–H and O–H groups in total. The van der Waals surface area contributed by atoms with Crippen molar-refractivity contribution in [2.24, 2.45) is 11.8 Å². The molecule has 5 nitrogen and oxygen atoms in total. The van der Waals surface area contributed by atoms with E-state index in [1.807, 2.05) is 140 Å². The molecule has 0 saturated heterocycles. The molecular weight excluding hydrogens is 566 g/mol. The maximum Gasteiger partial charge on any atom is 0.130 e. The van der Waals surface area contributed by atoms with Crippen molar-refractivity contribution in [1.29, 1.82) is 0 Å². The first-order valence-electron chi connectivity index (χ1n) is 16.3. The second kappa shape index (κ2) is 15.0. The molecule has 5 heteroatoms. The van der Waals surface area contributed by atoms with Crippen LogP contribution in [0.15, 0.2) is 140 Å². The van der Waals surface area contributed by atoms with Crippen LogP contribution in [0.4, 0.5) is 0 Å². The molecule has 5 rings (SSSR count). The lowest BCUT2D eigenvalue weighted by Crippen LogP contribution is -2.52. The molecule has 1 heterocycles. The van der Waals surface area contributed by atoms with Crippen LogP contribution in [0.25, 0.3) is 0 Å². The summed E-state index contributed by atoms with van der Waals surface area (Å²) >= 11 is 0. The van der Waals surface area contributed by atoms with Crippen LogP contribution < -0.4 is 10.6 Å². The highest BCUT2D eigenvalue weighted by atomic mass is 16.3. The van der Waals surface area contributed by atoms with Crippen LogP contribution in [0, 0.1) is 11.8 Å². The standard InChI is InChI=1S/C41H47N3O2/c1-30(2)38(40(45,32-18-9-5-10-19-32)33-20-11-6-12-21-33)42-28-36-26-17-27-37(44-36)29-43-39(31(3)4)41(46,34-22-13-7-14-23-34)35-24-15-8-16-25-35/h5-27,30-31,38-39,42-43,45-46H,28-29H2,1-4H3/t38-,39-/m0/s1. The molecular formula is C41H47N3O2. The molecule has 0 aliphatic heterocycles. The number of hydrogen-bond donors (Lipinski definition) is 4. The molecule has 0 radical (unpaired) electrons. The maximum atomic E-state index is 12.5. The van der Waals surface area contributed by atoms with Crippen LogP contribution in [0.5, 0.6) is 0 Å². The van der Waals surface area contributed by atoms with Gasteiger partial charge in [-0.25, -0.2) is 0 Å². The van der Waals surface area contributed by atoms with Crippen molar-refractivity contribution in [3.05, 3.63) is 173 Å². The van der Waals surface area contributed by atoms with Crippen molar-refractivity contribution in [3.8, 4) is 0 Å². The third-order valence-electron chi connectivity index (χ3n) is 8.96. The SMILES string of the molecule is CC(C)[C@H](NCc1cccc(CN[C@@H](C(C)C)C(O)(c2ccccc2)c2ccccc2)n1)C(O)(c1ccccc1)c1ccccc1. The van der Waals surface area contributed by atoms with Gasteiger partial charge in [0.15, 0.2) is 0 Å². The van der Waals surface area contributed by atoms with E-state index in [-0.39, 0.29) is 23.9 Å². The Balaban J connectivity index is 1.38. The average Bonchev–Trinajstić information content (AvgIpc) is 3.09. The van der Waals surface area contributed by atoms with Crippen molar-refractivity contribution in [3.63, 3.8) is 0 Å². The monoisotopic (exact) mass is 613 g/mol. The molecule has 0 aliphatic carbocycles. The number of nitrogens with one attached hydrogen (secondary N) is 2. The Morgan fingerprint density at radius 2 is 0.739 bits per heavy atom. The summed E-state index contributed by atoms with van der Waals surface area (Å²) in [6, 6.07) is 45.1. The zero-order valence-electron chi connectivity index (χ0n) is 27.3. The lowest BCUT2D eigenvalue weighted by Gasteiger charge is -2.40. The largest absolute Gasteiger partial charge is 0.379 e. The van der Waals surface area contributed by atoms with Crippen LogP contribution in [-0.4, -0.2) is 27.3 Å². The van der Waals surface area contributed by atoms with E-state index in [0.29, 0.717) is 13.1 Å². The van der Waals surface area contributed by atoms with E-state index in [9.17, 15) is 10.2 Å². The lowest BCUT2D eigenvalue weighted by atomic mass is 9.76. The molecule has 0 aliphatic rings. The Morgan fingerprint density at radius 1 is 0.457 bits per heavy atom. The molecule has 0 unspecified atom stereocenters. The summed E-state index contributed by atoms with van der Waals surface area (Å²) in [4.78, 5) is 5.00. The van der Waals surface area contributed by atoms with E-state index in [4.69, 9.17) is 4.98 Å². The molecule has 0 bridgehead atoms. The Labute approximate surface area is 274 Å². The first kappa shape index (κ1) is 33.2. The molecule has 0 spiro atoms. The van der Waals surface area contributed by atoms with Gasteiger partial charge in [0.1, 0.15) is 11.2 Å². The quantitative estimate of drug-likeness (QED) is 0.107. The van der Waals surface area contributed by atoms with Crippen LogP contribution in [-0.2, 0) is 24.3 Å². The number of pyridine rings is 1. The smallest absolute Gasteiger partial charge is 0.130 e. The summed E-state index contributed by atoms with van der Waals surface area (Å²) in [5.74, 6) is 0.242. The predicted molar refractivity (Wildman–Crippen MR) is 187 cm³/mol. The molecule has 46 heavy (non-hydrogen) atoms. The first-order valence-corrected chi connectivity index (χ1v) is 16.3. The van der Waals surface area contributed by atoms with E-state index in [2.05, 4.69) is 38.3 Å². The molecule has 0 saturated carbocycles. The highest BCUT2D eigenvalue weighted by Gasteiger charge is 2.43. The van der Waals surface area contributed by atoms with E-state index >= 15 is 0 Å². The highest BCUT2D eigenvalue weighted by Crippen LogP contribution is 2.37. The molecule has 0 fully saturated rings. The maximum absolute atomic E-state index is 12.5. The van der Waals surface area contributed by atoms with Crippen LogP contribution in [0.3, 0.4) is 0 Å². The average molecular weight is 614 g/mol. The van der Waals surface area contributed by atoms with E-state index in [1.54, 1.807) is 0 Å². The minimum Gasteiger partial charge on any atom is -0.379 e. The minimum atomic E-state index is -1.24. The second-order valence-electron chi connectivity index (χ2n) is 12.8. The van der Waals surface area contributed by atoms with Gasteiger partial charge >= 0.3 is 0 Å². The topological polar surface area (TPSA) is 77.4 Å². The number of nitrogens with zero attached hydrogens (tertiary/aromatic N) is 1. The number of aliphatic hydroxyl groups is 2. The third-order valence-corrected chi connectivity index (χ3v) is 8.96. The van der Waals surface area contributed by atoms with E-state index in [1.165, 1.54) is 0 Å². The Morgan fingerprint density at radius 3 is 1.00 bits per heavy atom. The van der Waals surface area contributed by atoms with Gasteiger partial charge in [0, 0.05) is 25.2 Å². The summed E-state index contributed by atoms with van der Waals surface area (Å²) in [5, 5.41) is 32.3. The van der Waals surface area contributed by atoms with Gasteiger partial charge in [-0.05, 0) is 46.2 Å². The van der Waals surface area contributed by atoms with Gasteiger partial charge in [-0.15, -0.1) is 0 Å². The van der Waals surface area contributed by atoms with E-state index in [0.717, 1.165) is 33.6 Å². The summed E-state index contributed by atoms with van der Waals surface area (Å²) in [5.41, 5.74) is 2.69. The summed E-state index contributed by atoms with van der Waals surface area (Å²) in [7, 11) is 0. The van der Waals surface area contributed by atoms with Crippen molar-refractivity contribution >= 4 is 0 Å². The first-order chi connectivity index (χ1) is 22.2. The fourth-order valence-electron chi connectivity index (χ4n) is 6.71. The molecule has 4 aromatic carbocycles. The fourth-order valence-corrected chi connectivity index (χ4v) is 6.71. The van der Waals surface area contributed by atoms with Crippen molar-refractivity contribution < 1.29 is 10.2 Å². The third kappa shape index (κ3) is 7.14. The molecule has 238 valence electrons. The summed E-state index contributed by atoms with van der Waals surface area (Å²) in [6.07, 6.45) is 0. The van der Waals surface area contributed by atoms with Crippen molar-refractivity contribution in [2.75, 3.05) is 0 Å². The predicted octanol–water partition coefficient (Wildman–Crippen LogP) is 7.18. The Kier molecular flexibility index (Phi) is 10.8. The van der Waals surface area contributed by atoms with Gasteiger partial charge in [0.2, 0.25) is 0 Å². The van der Waals surface area contributed by atoms with Crippen LogP contribution >= 0.6 is 0 Å².